The summed E-state index contributed by atoms with van der Waals surface area (Å²) >= 11 is 0. The Hall–Kier alpha value is -2.16. The van der Waals surface area contributed by atoms with Crippen molar-refractivity contribution in [2.24, 2.45) is 4.99 Å². The predicted molar refractivity (Wildman–Crippen MR) is 95.4 cm³/mol. The van der Waals surface area contributed by atoms with Crippen LogP contribution >= 0.6 is 0 Å². The van der Waals surface area contributed by atoms with Gasteiger partial charge in [0.25, 0.3) is 0 Å². The summed E-state index contributed by atoms with van der Waals surface area (Å²) in [5.74, 6) is 1.70. The van der Waals surface area contributed by atoms with E-state index in [1.165, 1.54) is 5.39 Å². The van der Waals surface area contributed by atoms with E-state index in [4.69, 9.17) is 9.47 Å². The zero-order chi connectivity index (χ0) is 16.2. The van der Waals surface area contributed by atoms with Crippen LogP contribution in [0, 0.1) is 0 Å². The Morgan fingerprint density at radius 1 is 0.750 bits per heavy atom. The minimum Gasteiger partial charge on any atom is -0.497 e. The topological polar surface area (TPSA) is 30.8 Å². The van der Waals surface area contributed by atoms with E-state index in [-0.39, 0.29) is 20.1 Å². The van der Waals surface area contributed by atoms with Crippen LogP contribution in [0.4, 0.5) is 5.69 Å². The monoisotopic (exact) mass is 498 g/mol. The van der Waals surface area contributed by atoms with E-state index in [0.29, 0.717) is 0 Å². The number of rotatable bonds is 4. The summed E-state index contributed by atoms with van der Waals surface area (Å²) in [6, 6.07) is 20.1. The number of hydrogen-bond donors (Lipinski definition) is 0. The second-order valence-corrected chi connectivity index (χ2v) is 5.32. The van der Waals surface area contributed by atoms with Gasteiger partial charge in [-0.1, -0.05) is 18.2 Å². The Morgan fingerprint density at radius 3 is 2.00 bits per heavy atom. The van der Waals surface area contributed by atoms with Gasteiger partial charge in [-0.15, -0.1) is 0 Å². The standard InChI is InChI=1S/C20H19NO2.Ir/c1-14(21-18-7-10-19(22-2)11-8-18)15-4-5-17-13-20(23-3)9-6-16(17)12-15;/h4-13H,1-3H3;. The molecular formula is C20H19IrNO2. The molecule has 125 valence electrons. The molecule has 0 aromatic heterocycles. The summed E-state index contributed by atoms with van der Waals surface area (Å²) in [6.07, 6.45) is 0. The summed E-state index contributed by atoms with van der Waals surface area (Å²) < 4.78 is 10.4. The van der Waals surface area contributed by atoms with E-state index in [9.17, 15) is 0 Å². The van der Waals surface area contributed by atoms with E-state index >= 15 is 0 Å². The molecule has 24 heavy (non-hydrogen) atoms. The van der Waals surface area contributed by atoms with Crippen LogP contribution in [-0.2, 0) is 20.1 Å². The number of fused-ring (bicyclic) bond motifs is 1. The first kappa shape index (κ1) is 18.2. The largest absolute Gasteiger partial charge is 0.497 e. The van der Waals surface area contributed by atoms with E-state index in [1.807, 2.05) is 43.3 Å². The van der Waals surface area contributed by atoms with Gasteiger partial charge in [0.2, 0.25) is 0 Å². The van der Waals surface area contributed by atoms with Gasteiger partial charge in [0.15, 0.2) is 0 Å². The van der Waals surface area contributed by atoms with Crippen molar-refractivity contribution in [1.82, 2.24) is 0 Å². The molecule has 3 nitrogen and oxygen atoms in total. The molecule has 0 N–H and O–H groups in total. The van der Waals surface area contributed by atoms with E-state index < -0.39 is 0 Å². The van der Waals surface area contributed by atoms with Gasteiger partial charge in [-0.3, -0.25) is 4.99 Å². The molecule has 3 rings (SSSR count). The van der Waals surface area contributed by atoms with Crippen molar-refractivity contribution in [3.8, 4) is 11.5 Å². The molecule has 0 aliphatic rings. The van der Waals surface area contributed by atoms with E-state index in [1.54, 1.807) is 14.2 Å². The van der Waals surface area contributed by atoms with Gasteiger partial charge in [0.1, 0.15) is 11.5 Å². The van der Waals surface area contributed by atoms with Crippen molar-refractivity contribution in [3.63, 3.8) is 0 Å². The van der Waals surface area contributed by atoms with Crippen LogP contribution in [0.15, 0.2) is 65.7 Å². The van der Waals surface area contributed by atoms with E-state index in [2.05, 4.69) is 29.3 Å². The molecule has 0 atom stereocenters. The molecule has 0 unspecified atom stereocenters. The van der Waals surface area contributed by atoms with Gasteiger partial charge in [0, 0.05) is 25.8 Å². The fraction of sp³-hybridized carbons (Fsp3) is 0.150. The SMILES string of the molecule is COc1ccc(N=C(C)c2ccc3cc(OC)ccc3c2)cc1.[Ir]. The van der Waals surface area contributed by atoms with Crippen molar-refractivity contribution < 1.29 is 29.6 Å². The summed E-state index contributed by atoms with van der Waals surface area (Å²) in [7, 11) is 3.34. The molecule has 0 saturated heterocycles. The Morgan fingerprint density at radius 2 is 1.33 bits per heavy atom. The maximum atomic E-state index is 5.26. The molecule has 3 aromatic carbocycles. The maximum Gasteiger partial charge on any atom is 0.119 e. The van der Waals surface area contributed by atoms with Crippen molar-refractivity contribution in [2.45, 2.75) is 6.92 Å². The fourth-order valence-electron chi connectivity index (χ4n) is 2.49. The van der Waals surface area contributed by atoms with Gasteiger partial charge in [0.05, 0.1) is 19.9 Å². The summed E-state index contributed by atoms with van der Waals surface area (Å²) in [5.41, 5.74) is 3.00. The summed E-state index contributed by atoms with van der Waals surface area (Å²) in [6.45, 7) is 2.02. The van der Waals surface area contributed by atoms with Gasteiger partial charge < -0.3 is 9.47 Å². The van der Waals surface area contributed by atoms with Crippen LogP contribution < -0.4 is 9.47 Å². The third-order valence-electron chi connectivity index (χ3n) is 3.83. The van der Waals surface area contributed by atoms with Crippen LogP contribution in [0.2, 0.25) is 0 Å². The number of methoxy groups -OCH3 is 2. The van der Waals surface area contributed by atoms with Crippen LogP contribution in [0.1, 0.15) is 12.5 Å². The van der Waals surface area contributed by atoms with Crippen molar-refractivity contribution in [1.29, 1.82) is 0 Å². The number of aliphatic imine (C=N–C) groups is 1. The van der Waals surface area contributed by atoms with Crippen molar-refractivity contribution in [2.75, 3.05) is 14.2 Å². The third kappa shape index (κ3) is 4.02. The number of benzene rings is 3. The Bertz CT molecular complexity index is 857. The molecule has 3 aromatic rings. The average Bonchev–Trinajstić information content (AvgIpc) is 2.61. The first-order chi connectivity index (χ1) is 11.2. The molecule has 0 spiro atoms. The Kier molecular flexibility index (Phi) is 6.13. The minimum atomic E-state index is 0. The van der Waals surface area contributed by atoms with Crippen LogP contribution in [0.3, 0.4) is 0 Å². The smallest absolute Gasteiger partial charge is 0.119 e. The molecule has 0 saturated carbocycles. The normalized spacial score (nSPS) is 11.0. The fourth-order valence-corrected chi connectivity index (χ4v) is 2.49. The summed E-state index contributed by atoms with van der Waals surface area (Å²) in [5, 5.41) is 2.33. The van der Waals surface area contributed by atoms with Crippen molar-refractivity contribution in [3.05, 3.63) is 66.2 Å². The van der Waals surface area contributed by atoms with Crippen LogP contribution in [0.25, 0.3) is 10.8 Å². The Labute approximate surface area is 155 Å². The average molecular weight is 498 g/mol. The molecule has 0 bridgehead atoms. The molecule has 4 heteroatoms. The van der Waals surface area contributed by atoms with Gasteiger partial charge in [-0.2, -0.15) is 0 Å². The molecule has 0 aliphatic heterocycles. The second-order valence-electron chi connectivity index (χ2n) is 5.32. The predicted octanol–water partition coefficient (Wildman–Crippen LogP) is 5.00. The number of nitrogens with zero attached hydrogens (tertiary/aromatic N) is 1. The van der Waals surface area contributed by atoms with Gasteiger partial charge >= 0.3 is 0 Å². The first-order valence-electron chi connectivity index (χ1n) is 7.47. The summed E-state index contributed by atoms with van der Waals surface area (Å²) in [4.78, 5) is 4.68. The Balaban J connectivity index is 0.00000208. The molecular weight excluding hydrogens is 478 g/mol. The van der Waals surface area contributed by atoms with Crippen molar-refractivity contribution >= 4 is 22.2 Å². The minimum absolute atomic E-state index is 0. The molecule has 0 heterocycles. The molecule has 0 amide bonds. The zero-order valence-electron chi connectivity index (χ0n) is 13.9. The maximum absolute atomic E-state index is 5.26. The molecule has 0 fully saturated rings. The zero-order valence-corrected chi connectivity index (χ0v) is 16.3. The van der Waals surface area contributed by atoms with Gasteiger partial charge in [-0.05, 0) is 65.7 Å². The number of hydrogen-bond acceptors (Lipinski definition) is 3. The molecule has 0 aliphatic carbocycles. The van der Waals surface area contributed by atoms with Crippen LogP contribution in [-0.4, -0.2) is 19.9 Å². The molecule has 1 radical (unpaired) electrons. The van der Waals surface area contributed by atoms with E-state index in [0.717, 1.165) is 33.8 Å². The number of ether oxygens (including phenoxy) is 2. The third-order valence-corrected chi connectivity index (χ3v) is 3.83. The first-order valence-corrected chi connectivity index (χ1v) is 7.47. The second kappa shape index (κ2) is 8.09. The van der Waals surface area contributed by atoms with Crippen LogP contribution in [0.5, 0.6) is 11.5 Å². The van der Waals surface area contributed by atoms with Gasteiger partial charge in [-0.25, -0.2) is 0 Å². The quantitative estimate of drug-likeness (QED) is 0.476.